The van der Waals surface area contributed by atoms with Gasteiger partial charge in [0.15, 0.2) is 0 Å². The Hall–Kier alpha value is -1.82. The minimum absolute atomic E-state index is 0.0313. The molecule has 1 unspecified atom stereocenters. The van der Waals surface area contributed by atoms with Gasteiger partial charge in [0.2, 0.25) is 0 Å². The van der Waals surface area contributed by atoms with Crippen LogP contribution < -0.4 is 5.32 Å². The van der Waals surface area contributed by atoms with Crippen molar-refractivity contribution < 1.29 is 4.79 Å². The first kappa shape index (κ1) is 13.6. The quantitative estimate of drug-likeness (QED) is 0.933. The normalized spacial score (nSPS) is 12.2. The van der Waals surface area contributed by atoms with E-state index in [9.17, 15) is 4.79 Å². The van der Waals surface area contributed by atoms with Crippen molar-refractivity contribution in [3.05, 3.63) is 40.3 Å². The summed E-state index contributed by atoms with van der Waals surface area (Å²) in [6, 6.07) is 3.97. The third kappa shape index (κ3) is 3.57. The molecule has 0 bridgehead atoms. The van der Waals surface area contributed by atoms with Crippen molar-refractivity contribution >= 4 is 17.4 Å². The molecule has 0 aromatic carbocycles. The molecule has 0 saturated carbocycles. The molecule has 1 atom stereocenters. The van der Waals surface area contributed by atoms with E-state index in [0.717, 1.165) is 10.4 Å². The van der Waals surface area contributed by atoms with E-state index in [-0.39, 0.29) is 12.1 Å². The smallest absolute Gasteiger partial charge is 0.317 e. The predicted molar refractivity (Wildman–Crippen MR) is 75.9 cm³/mol. The zero-order chi connectivity index (χ0) is 13.8. The molecule has 102 valence electrons. The highest BCUT2D eigenvalue weighted by atomic mass is 32.1. The van der Waals surface area contributed by atoms with E-state index in [1.54, 1.807) is 34.2 Å². The topological polar surface area (TPSA) is 50.2 Å². The molecule has 1 N–H and O–H groups in total. The molecule has 2 heterocycles. The van der Waals surface area contributed by atoms with E-state index in [1.807, 2.05) is 37.7 Å². The van der Waals surface area contributed by atoms with Crippen LogP contribution in [0.15, 0.2) is 29.9 Å². The van der Waals surface area contributed by atoms with Crippen molar-refractivity contribution in [2.24, 2.45) is 7.05 Å². The van der Waals surface area contributed by atoms with E-state index in [1.165, 1.54) is 0 Å². The second-order valence-electron chi connectivity index (χ2n) is 4.56. The van der Waals surface area contributed by atoms with Crippen LogP contribution in [0.3, 0.4) is 0 Å². The highest BCUT2D eigenvalue weighted by molar-refractivity contribution is 7.10. The molecule has 2 rings (SSSR count). The molecule has 0 saturated heterocycles. The molecular weight excluding hydrogens is 260 g/mol. The number of urea groups is 1. The number of amides is 2. The molecule has 0 spiro atoms. The summed E-state index contributed by atoms with van der Waals surface area (Å²) in [7, 11) is 3.64. The van der Waals surface area contributed by atoms with Gasteiger partial charge in [0.25, 0.3) is 0 Å². The molecule has 2 amide bonds. The van der Waals surface area contributed by atoms with Gasteiger partial charge in [0, 0.05) is 30.7 Å². The molecule has 2 aromatic heterocycles. The average Bonchev–Trinajstić information content (AvgIpc) is 3.00. The maximum Gasteiger partial charge on any atom is 0.317 e. The summed E-state index contributed by atoms with van der Waals surface area (Å²) in [6.07, 6.45) is 3.68. The number of rotatable bonds is 4. The van der Waals surface area contributed by atoms with Gasteiger partial charge >= 0.3 is 6.03 Å². The summed E-state index contributed by atoms with van der Waals surface area (Å²) in [5.74, 6) is 0. The van der Waals surface area contributed by atoms with Crippen LogP contribution in [-0.4, -0.2) is 27.8 Å². The molecule has 0 aliphatic rings. The molecule has 0 aliphatic heterocycles. The third-order valence-corrected chi connectivity index (χ3v) is 3.89. The van der Waals surface area contributed by atoms with Gasteiger partial charge in [0.1, 0.15) is 0 Å². The van der Waals surface area contributed by atoms with Crippen LogP contribution >= 0.6 is 11.3 Å². The number of nitrogens with zero attached hydrogens (tertiary/aromatic N) is 3. The molecule has 5 nitrogen and oxygen atoms in total. The molecule has 19 heavy (non-hydrogen) atoms. The molecule has 0 aliphatic carbocycles. The maximum absolute atomic E-state index is 12.1. The number of nitrogens with one attached hydrogen (secondary N) is 1. The minimum Gasteiger partial charge on any atom is -0.331 e. The SMILES string of the molecule is CC(NC(=O)N(C)Cc1cnn(C)c1)c1cccs1. The van der Waals surface area contributed by atoms with Crippen LogP contribution in [0.4, 0.5) is 4.79 Å². The Balaban J connectivity index is 1.89. The number of aromatic nitrogens is 2. The van der Waals surface area contributed by atoms with Gasteiger partial charge in [-0.05, 0) is 18.4 Å². The first-order valence-corrected chi connectivity index (χ1v) is 6.97. The van der Waals surface area contributed by atoms with Gasteiger partial charge in [-0.25, -0.2) is 4.79 Å². The molecule has 0 fully saturated rings. The zero-order valence-electron chi connectivity index (χ0n) is 11.3. The van der Waals surface area contributed by atoms with Gasteiger partial charge in [-0.2, -0.15) is 5.10 Å². The summed E-state index contributed by atoms with van der Waals surface area (Å²) in [5.41, 5.74) is 1.02. The lowest BCUT2D eigenvalue weighted by atomic mass is 10.3. The Morgan fingerprint density at radius 3 is 3.00 bits per heavy atom. The predicted octanol–water partition coefficient (Wildman–Crippen LogP) is 2.38. The van der Waals surface area contributed by atoms with Crippen LogP contribution in [0.25, 0.3) is 0 Å². The Morgan fingerprint density at radius 1 is 1.63 bits per heavy atom. The van der Waals surface area contributed by atoms with Crippen molar-refractivity contribution in [2.75, 3.05) is 7.05 Å². The van der Waals surface area contributed by atoms with Gasteiger partial charge in [-0.3, -0.25) is 4.68 Å². The summed E-state index contributed by atoms with van der Waals surface area (Å²) < 4.78 is 1.73. The van der Waals surface area contributed by atoms with Gasteiger partial charge in [0.05, 0.1) is 18.8 Å². The number of carbonyl (C=O) groups excluding carboxylic acids is 1. The van der Waals surface area contributed by atoms with E-state index in [4.69, 9.17) is 0 Å². The first-order chi connectivity index (χ1) is 9.06. The monoisotopic (exact) mass is 278 g/mol. The number of carbonyl (C=O) groups is 1. The number of thiophene rings is 1. The fraction of sp³-hybridized carbons (Fsp3) is 0.385. The third-order valence-electron chi connectivity index (χ3n) is 2.83. The summed E-state index contributed by atoms with van der Waals surface area (Å²) in [6.45, 7) is 2.54. The van der Waals surface area contributed by atoms with Crippen LogP contribution in [0.1, 0.15) is 23.4 Å². The zero-order valence-corrected chi connectivity index (χ0v) is 12.1. The van der Waals surface area contributed by atoms with Gasteiger partial charge < -0.3 is 10.2 Å². The molecular formula is C13H18N4OS. The first-order valence-electron chi connectivity index (χ1n) is 6.09. The minimum atomic E-state index is -0.0789. The molecule has 6 heteroatoms. The van der Waals surface area contributed by atoms with E-state index >= 15 is 0 Å². The average molecular weight is 278 g/mol. The van der Waals surface area contributed by atoms with E-state index in [2.05, 4.69) is 10.4 Å². The van der Waals surface area contributed by atoms with Gasteiger partial charge in [-0.15, -0.1) is 11.3 Å². The summed E-state index contributed by atoms with van der Waals surface area (Å²) >= 11 is 1.65. The fourth-order valence-electron chi connectivity index (χ4n) is 1.80. The van der Waals surface area contributed by atoms with Crippen LogP contribution in [0.5, 0.6) is 0 Å². The van der Waals surface area contributed by atoms with Crippen LogP contribution in [0, 0.1) is 0 Å². The Morgan fingerprint density at radius 2 is 2.42 bits per heavy atom. The number of hydrogen-bond acceptors (Lipinski definition) is 3. The van der Waals surface area contributed by atoms with Crippen molar-refractivity contribution in [3.8, 4) is 0 Å². The number of hydrogen-bond donors (Lipinski definition) is 1. The Kier molecular flexibility index (Phi) is 4.21. The van der Waals surface area contributed by atoms with Crippen molar-refractivity contribution in [2.45, 2.75) is 19.5 Å². The summed E-state index contributed by atoms with van der Waals surface area (Å²) in [5, 5.41) is 9.08. The maximum atomic E-state index is 12.1. The highest BCUT2D eigenvalue weighted by Gasteiger charge is 2.14. The van der Waals surface area contributed by atoms with E-state index < -0.39 is 0 Å². The lowest BCUT2D eigenvalue weighted by Gasteiger charge is -2.20. The largest absolute Gasteiger partial charge is 0.331 e. The van der Waals surface area contributed by atoms with Crippen molar-refractivity contribution in [3.63, 3.8) is 0 Å². The van der Waals surface area contributed by atoms with Gasteiger partial charge in [-0.1, -0.05) is 6.07 Å². The molecule has 0 radical (unpaired) electrons. The van der Waals surface area contributed by atoms with Crippen LogP contribution in [-0.2, 0) is 13.6 Å². The Labute approximate surface area is 116 Å². The van der Waals surface area contributed by atoms with Crippen LogP contribution in [0.2, 0.25) is 0 Å². The second-order valence-corrected chi connectivity index (χ2v) is 5.54. The standard InChI is InChI=1S/C13H18N4OS/c1-10(12-5-4-6-19-12)15-13(18)16(2)8-11-7-14-17(3)9-11/h4-7,9-10H,8H2,1-3H3,(H,15,18). The molecule has 2 aromatic rings. The van der Waals surface area contributed by atoms with Crippen molar-refractivity contribution in [1.29, 1.82) is 0 Å². The fourth-order valence-corrected chi connectivity index (χ4v) is 2.54. The Bertz CT molecular complexity index is 535. The number of aryl methyl sites for hydroxylation is 1. The lowest BCUT2D eigenvalue weighted by molar-refractivity contribution is 0.203. The van der Waals surface area contributed by atoms with Crippen molar-refractivity contribution in [1.82, 2.24) is 20.0 Å². The summed E-state index contributed by atoms with van der Waals surface area (Å²) in [4.78, 5) is 14.9. The lowest BCUT2D eigenvalue weighted by Crippen LogP contribution is -2.37. The second kappa shape index (κ2) is 5.88. The highest BCUT2D eigenvalue weighted by Crippen LogP contribution is 2.18. The van der Waals surface area contributed by atoms with E-state index in [0.29, 0.717) is 6.54 Å².